The zero-order valence-corrected chi connectivity index (χ0v) is 22.3. The lowest BCUT2D eigenvalue weighted by Crippen LogP contribution is -2.29. The van der Waals surface area contributed by atoms with Gasteiger partial charge in [0.15, 0.2) is 0 Å². The fraction of sp³-hybridized carbons (Fsp3) is 0.241. The van der Waals surface area contributed by atoms with E-state index in [0.717, 1.165) is 18.8 Å². The number of ether oxygens (including phenoxy) is 2. The number of nitrogens with zero attached hydrogens (tertiary/aromatic N) is 2. The van der Waals surface area contributed by atoms with Crippen LogP contribution in [-0.4, -0.2) is 49.2 Å². The molecule has 1 aliphatic heterocycles. The van der Waals surface area contributed by atoms with E-state index in [1.807, 2.05) is 12.1 Å². The third-order valence-electron chi connectivity index (χ3n) is 6.62. The molecule has 0 bridgehead atoms. The Morgan fingerprint density at radius 1 is 0.974 bits per heavy atom. The number of amides is 1. The molecule has 1 aliphatic rings. The number of aromatic hydroxyl groups is 1. The zero-order chi connectivity index (χ0) is 27.6. The first-order valence-electron chi connectivity index (χ1n) is 12.1. The molecule has 1 heterocycles. The van der Waals surface area contributed by atoms with Crippen molar-refractivity contribution in [1.29, 1.82) is 0 Å². The number of rotatable bonds is 8. The van der Waals surface area contributed by atoms with Gasteiger partial charge in [0.2, 0.25) is 0 Å². The van der Waals surface area contributed by atoms with Gasteiger partial charge in [-0.15, -0.1) is 0 Å². The molecule has 4 rings (SSSR count). The van der Waals surface area contributed by atoms with E-state index < -0.39 is 23.5 Å². The highest BCUT2D eigenvalue weighted by Crippen LogP contribution is 2.45. The average Bonchev–Trinajstić information content (AvgIpc) is 3.19. The lowest BCUT2D eigenvalue weighted by molar-refractivity contribution is -0.132. The van der Waals surface area contributed by atoms with Gasteiger partial charge >= 0.3 is 0 Å². The molecule has 1 fully saturated rings. The highest BCUT2D eigenvalue weighted by Gasteiger charge is 2.47. The second kappa shape index (κ2) is 11.1. The number of Topliss-reactive ketones (excluding diaryl/α,β-unsaturated/α-hetero) is 1. The molecule has 2 N–H and O–H groups in total. The summed E-state index contributed by atoms with van der Waals surface area (Å²) >= 11 is 6.32. The molecular weight excluding hydrogens is 508 g/mol. The molecule has 3 aromatic carbocycles. The van der Waals surface area contributed by atoms with E-state index >= 15 is 0 Å². The molecule has 1 unspecified atom stereocenters. The molecule has 38 heavy (non-hydrogen) atoms. The summed E-state index contributed by atoms with van der Waals surface area (Å²) in [5.74, 6) is -1.67. The molecule has 1 amide bonds. The number of aliphatic hydroxyl groups is 1. The molecule has 198 valence electrons. The quantitative estimate of drug-likeness (QED) is 0.222. The maximum Gasteiger partial charge on any atom is 0.300 e. The van der Waals surface area contributed by atoms with E-state index in [1.165, 1.54) is 43.4 Å². The molecule has 3 aromatic rings. The Morgan fingerprint density at radius 3 is 2.21 bits per heavy atom. The minimum atomic E-state index is -1.02. The van der Waals surface area contributed by atoms with Crippen LogP contribution in [0.15, 0.2) is 66.2 Å². The van der Waals surface area contributed by atoms with Crippen LogP contribution < -0.4 is 19.3 Å². The first kappa shape index (κ1) is 26.9. The second-order valence-corrected chi connectivity index (χ2v) is 9.05. The van der Waals surface area contributed by atoms with Gasteiger partial charge in [-0.1, -0.05) is 23.7 Å². The minimum absolute atomic E-state index is 0.0463. The zero-order valence-electron chi connectivity index (χ0n) is 21.6. The Hall–Kier alpha value is -4.17. The van der Waals surface area contributed by atoms with E-state index in [1.54, 1.807) is 24.3 Å². The fourth-order valence-electron chi connectivity index (χ4n) is 4.71. The number of aliphatic hydroxyl groups excluding tert-OH is 1. The van der Waals surface area contributed by atoms with Crippen molar-refractivity contribution in [3.63, 3.8) is 0 Å². The van der Waals surface area contributed by atoms with Crippen LogP contribution in [-0.2, 0) is 9.59 Å². The number of ketones is 1. The molecule has 1 atom stereocenters. The molecule has 9 heteroatoms. The van der Waals surface area contributed by atoms with Gasteiger partial charge < -0.3 is 24.6 Å². The van der Waals surface area contributed by atoms with Crippen molar-refractivity contribution in [2.45, 2.75) is 19.9 Å². The third-order valence-corrected chi connectivity index (χ3v) is 6.91. The number of halogens is 1. The predicted octanol–water partition coefficient (Wildman–Crippen LogP) is 5.54. The van der Waals surface area contributed by atoms with E-state index in [4.69, 9.17) is 21.1 Å². The summed E-state index contributed by atoms with van der Waals surface area (Å²) in [7, 11) is 2.85. The monoisotopic (exact) mass is 536 g/mol. The fourth-order valence-corrected chi connectivity index (χ4v) is 4.95. The summed E-state index contributed by atoms with van der Waals surface area (Å²) in [5.41, 5.74) is 1.85. The third kappa shape index (κ3) is 4.75. The van der Waals surface area contributed by atoms with Gasteiger partial charge in [0.1, 0.15) is 23.0 Å². The molecule has 1 saturated heterocycles. The predicted molar refractivity (Wildman–Crippen MR) is 147 cm³/mol. The topological polar surface area (TPSA) is 99.5 Å². The highest BCUT2D eigenvalue weighted by molar-refractivity contribution is 6.51. The standard InChI is InChI=1S/C29H29ClN2O6/c1-5-31(6-2)18-10-12-19(13-11-18)32-26(17-8-7-9-20(33)14-17)25(28(35)29(32)36)27(34)21-15-22(30)24(38-4)16-23(21)37-3/h7-16,26,33-34H,5-6H2,1-4H3/b27-25+. The summed E-state index contributed by atoms with van der Waals surface area (Å²) < 4.78 is 10.7. The summed E-state index contributed by atoms with van der Waals surface area (Å²) in [6, 6.07) is 15.4. The summed E-state index contributed by atoms with van der Waals surface area (Å²) in [4.78, 5) is 30.4. The highest BCUT2D eigenvalue weighted by atomic mass is 35.5. The van der Waals surface area contributed by atoms with Crippen LogP contribution in [0.2, 0.25) is 5.02 Å². The molecule has 0 saturated carbocycles. The summed E-state index contributed by atoms with van der Waals surface area (Å²) in [5, 5.41) is 21.9. The van der Waals surface area contributed by atoms with Crippen LogP contribution >= 0.6 is 11.6 Å². The van der Waals surface area contributed by atoms with Crippen molar-refractivity contribution in [2.75, 3.05) is 37.1 Å². The number of phenolic OH excluding ortho intramolecular Hbond substituents is 1. The molecule has 0 spiro atoms. The van der Waals surface area contributed by atoms with Crippen LogP contribution in [0.3, 0.4) is 0 Å². The SMILES string of the molecule is CCN(CC)c1ccc(N2C(=O)C(=O)/C(=C(/O)c3cc(Cl)c(OC)cc3OC)C2c2cccc(O)c2)cc1. The van der Waals surface area contributed by atoms with Crippen LogP contribution in [0.4, 0.5) is 11.4 Å². The van der Waals surface area contributed by atoms with Gasteiger partial charge in [-0.2, -0.15) is 0 Å². The smallest absolute Gasteiger partial charge is 0.300 e. The number of hydrogen-bond donors (Lipinski definition) is 2. The number of phenols is 1. The second-order valence-electron chi connectivity index (χ2n) is 8.64. The first-order chi connectivity index (χ1) is 18.2. The molecule has 0 radical (unpaired) electrons. The van der Waals surface area contributed by atoms with Crippen LogP contribution in [0, 0.1) is 0 Å². The van der Waals surface area contributed by atoms with E-state index in [2.05, 4.69) is 18.7 Å². The normalized spacial score (nSPS) is 16.6. The number of methoxy groups -OCH3 is 2. The van der Waals surface area contributed by atoms with E-state index in [-0.39, 0.29) is 27.7 Å². The number of benzene rings is 3. The molecule has 0 aliphatic carbocycles. The Balaban J connectivity index is 1.93. The maximum atomic E-state index is 13.5. The molecular formula is C29H29ClN2O6. The van der Waals surface area contributed by atoms with Gasteiger partial charge in [-0.05, 0) is 61.9 Å². The number of carbonyl (C=O) groups is 2. The molecule has 8 nitrogen and oxygen atoms in total. The van der Waals surface area contributed by atoms with Gasteiger partial charge in [0.05, 0.1) is 36.4 Å². The Labute approximate surface area is 226 Å². The van der Waals surface area contributed by atoms with E-state index in [0.29, 0.717) is 17.0 Å². The lowest BCUT2D eigenvalue weighted by atomic mass is 9.94. The average molecular weight is 537 g/mol. The first-order valence-corrected chi connectivity index (χ1v) is 12.5. The van der Waals surface area contributed by atoms with E-state index in [9.17, 15) is 19.8 Å². The van der Waals surface area contributed by atoms with Crippen molar-refractivity contribution < 1.29 is 29.3 Å². The van der Waals surface area contributed by atoms with Gasteiger partial charge in [-0.25, -0.2) is 0 Å². The van der Waals surface area contributed by atoms with Crippen molar-refractivity contribution in [3.8, 4) is 17.2 Å². The largest absolute Gasteiger partial charge is 0.508 e. The van der Waals surface area contributed by atoms with Crippen molar-refractivity contribution in [1.82, 2.24) is 0 Å². The number of hydrogen-bond acceptors (Lipinski definition) is 7. The minimum Gasteiger partial charge on any atom is -0.508 e. The van der Waals surface area contributed by atoms with Gasteiger partial charge in [0.25, 0.3) is 11.7 Å². The van der Waals surface area contributed by atoms with Crippen LogP contribution in [0.25, 0.3) is 5.76 Å². The van der Waals surface area contributed by atoms with Crippen molar-refractivity contribution >= 4 is 40.4 Å². The number of carbonyl (C=O) groups excluding carboxylic acids is 2. The maximum absolute atomic E-state index is 13.5. The molecule has 0 aromatic heterocycles. The van der Waals surface area contributed by atoms with Gasteiger partial charge in [0, 0.05) is 30.5 Å². The Morgan fingerprint density at radius 2 is 1.63 bits per heavy atom. The van der Waals surface area contributed by atoms with Crippen LogP contribution in [0.1, 0.15) is 31.0 Å². The van der Waals surface area contributed by atoms with Crippen molar-refractivity contribution in [3.05, 3.63) is 82.4 Å². The Bertz CT molecular complexity index is 1400. The number of anilines is 2. The van der Waals surface area contributed by atoms with Crippen LogP contribution in [0.5, 0.6) is 17.2 Å². The van der Waals surface area contributed by atoms with Crippen molar-refractivity contribution in [2.24, 2.45) is 0 Å². The summed E-state index contributed by atoms with van der Waals surface area (Å²) in [6.07, 6.45) is 0. The Kier molecular flexibility index (Phi) is 7.83. The van der Waals surface area contributed by atoms with Gasteiger partial charge in [-0.3, -0.25) is 14.5 Å². The summed E-state index contributed by atoms with van der Waals surface area (Å²) in [6.45, 7) is 5.74. The lowest BCUT2D eigenvalue weighted by Gasteiger charge is -2.27.